The first-order chi connectivity index (χ1) is 5.47. The third-order valence-electron chi connectivity index (χ3n) is 1.50. The van der Waals surface area contributed by atoms with E-state index in [0.717, 1.165) is 5.56 Å². The van der Waals surface area contributed by atoms with Crippen LogP contribution in [0.5, 0.6) is 0 Å². The van der Waals surface area contributed by atoms with Gasteiger partial charge in [-0.05, 0) is 18.2 Å². The average molecular weight is 148 g/mol. The highest BCUT2D eigenvalue weighted by Crippen LogP contribution is 2.05. The second kappa shape index (κ2) is 2.74. The van der Waals surface area contributed by atoms with Gasteiger partial charge in [0.05, 0.1) is 0 Å². The Morgan fingerprint density at radius 2 is 2.18 bits per heavy atom. The van der Waals surface area contributed by atoms with Crippen LogP contribution in [-0.4, -0.2) is 19.2 Å². The number of benzene rings is 1. The van der Waals surface area contributed by atoms with Crippen molar-refractivity contribution in [3.05, 3.63) is 35.9 Å². The normalized spacial score (nSPS) is 15.8. The molecule has 2 heteroatoms. The van der Waals surface area contributed by atoms with Crippen molar-refractivity contribution in [1.29, 1.82) is 0 Å². The van der Waals surface area contributed by atoms with Gasteiger partial charge in [-0.2, -0.15) is 0 Å². The average Bonchev–Trinajstić information content (AvgIpc) is 2.58. The Morgan fingerprint density at radius 1 is 1.36 bits per heavy atom. The second-order valence-electron chi connectivity index (χ2n) is 2.27. The third kappa shape index (κ3) is 1.24. The SMILES string of the molecule is [c]1ccc(C2=[O+]CCO2)cc1. The fourth-order valence-electron chi connectivity index (χ4n) is 1.00. The first-order valence-corrected chi connectivity index (χ1v) is 3.56. The van der Waals surface area contributed by atoms with E-state index in [1.165, 1.54) is 0 Å². The fourth-order valence-corrected chi connectivity index (χ4v) is 1.00. The van der Waals surface area contributed by atoms with Gasteiger partial charge in [0.1, 0.15) is 5.56 Å². The summed E-state index contributed by atoms with van der Waals surface area (Å²) >= 11 is 0. The zero-order valence-electron chi connectivity index (χ0n) is 6.04. The van der Waals surface area contributed by atoms with Crippen LogP contribution >= 0.6 is 0 Å². The molecule has 0 amide bonds. The van der Waals surface area contributed by atoms with E-state index in [2.05, 4.69) is 6.07 Å². The van der Waals surface area contributed by atoms with Gasteiger partial charge in [0.15, 0.2) is 0 Å². The molecule has 0 aromatic heterocycles. The summed E-state index contributed by atoms with van der Waals surface area (Å²) in [6.45, 7) is 1.32. The summed E-state index contributed by atoms with van der Waals surface area (Å²) in [7, 11) is 0. The Balaban J connectivity index is 2.29. The van der Waals surface area contributed by atoms with Gasteiger partial charge in [0, 0.05) is 0 Å². The molecule has 1 aliphatic rings. The van der Waals surface area contributed by atoms with Gasteiger partial charge in [-0.25, -0.2) is 0 Å². The molecule has 0 atom stereocenters. The van der Waals surface area contributed by atoms with Crippen LogP contribution in [0.1, 0.15) is 9.99 Å². The molecule has 0 unspecified atom stereocenters. The lowest BCUT2D eigenvalue weighted by Gasteiger charge is -1.86. The molecular formula is C9H8O2+. The van der Waals surface area contributed by atoms with E-state index in [1.54, 1.807) is 0 Å². The highest BCUT2D eigenvalue weighted by atomic mass is 16.6. The van der Waals surface area contributed by atoms with E-state index >= 15 is 0 Å². The molecule has 1 aliphatic heterocycles. The number of cyclic esters (lactones) is 1. The number of ether oxygens (including phenoxy) is 1. The van der Waals surface area contributed by atoms with E-state index < -0.39 is 0 Å². The van der Waals surface area contributed by atoms with Crippen LogP contribution in [0.3, 0.4) is 0 Å². The maximum Gasteiger partial charge on any atom is 0.520 e. The second-order valence-corrected chi connectivity index (χ2v) is 2.27. The van der Waals surface area contributed by atoms with Crippen LogP contribution in [0, 0.1) is 6.07 Å². The zero-order chi connectivity index (χ0) is 7.52. The van der Waals surface area contributed by atoms with E-state index in [1.807, 2.05) is 24.3 Å². The minimum Gasteiger partial charge on any atom is -0.311 e. The molecule has 1 aromatic carbocycles. The molecule has 0 N–H and O–H groups in total. The minimum absolute atomic E-state index is 0.638. The summed E-state index contributed by atoms with van der Waals surface area (Å²) < 4.78 is 10.4. The monoisotopic (exact) mass is 148 g/mol. The minimum atomic E-state index is 0.638. The van der Waals surface area contributed by atoms with Crippen LogP contribution in [0.2, 0.25) is 0 Å². The van der Waals surface area contributed by atoms with Crippen molar-refractivity contribution in [2.24, 2.45) is 0 Å². The molecule has 0 saturated carbocycles. The molecule has 1 aromatic rings. The van der Waals surface area contributed by atoms with Gasteiger partial charge in [-0.3, -0.25) is 0 Å². The molecule has 0 spiro atoms. The Labute approximate surface area is 65.1 Å². The maximum absolute atomic E-state index is 5.22. The van der Waals surface area contributed by atoms with Crippen molar-refractivity contribution >= 4 is 5.97 Å². The fraction of sp³-hybridized carbons (Fsp3) is 0.222. The molecule has 55 valence electrons. The summed E-state index contributed by atoms with van der Waals surface area (Å²) in [5, 5.41) is 0. The molecule has 1 heterocycles. The predicted octanol–water partition coefficient (Wildman–Crippen LogP) is 1.19. The summed E-state index contributed by atoms with van der Waals surface area (Å²) in [6.07, 6.45) is 0. The molecule has 0 bridgehead atoms. The van der Waals surface area contributed by atoms with Gasteiger partial charge >= 0.3 is 5.97 Å². The van der Waals surface area contributed by atoms with Gasteiger partial charge in [-0.15, -0.1) is 0 Å². The molecule has 2 rings (SSSR count). The number of hydrogen-bond acceptors (Lipinski definition) is 1. The molecule has 0 saturated heterocycles. The van der Waals surface area contributed by atoms with Crippen LogP contribution in [0.4, 0.5) is 0 Å². The molecule has 2 nitrogen and oxygen atoms in total. The number of rotatable bonds is 1. The van der Waals surface area contributed by atoms with Crippen molar-refractivity contribution in [3.8, 4) is 0 Å². The lowest BCUT2D eigenvalue weighted by Crippen LogP contribution is -1.99. The standard InChI is InChI=1S/C9H8O2/c1-2-4-8(5-3-1)9-10-6-7-11-9/h2-5H,6-7H2/q+1. The van der Waals surface area contributed by atoms with Crippen LogP contribution in [0.25, 0.3) is 0 Å². The lowest BCUT2D eigenvalue weighted by molar-refractivity contribution is -0.253. The molecular weight excluding hydrogens is 140 g/mol. The predicted molar refractivity (Wildman–Crippen MR) is 40.4 cm³/mol. The topological polar surface area (TPSA) is 20.5 Å². The van der Waals surface area contributed by atoms with Gasteiger partial charge in [0.25, 0.3) is 0 Å². The first-order valence-electron chi connectivity index (χ1n) is 3.56. The Bertz CT molecular complexity index is 264. The van der Waals surface area contributed by atoms with Crippen LogP contribution < -0.4 is 0 Å². The third-order valence-corrected chi connectivity index (χ3v) is 1.50. The van der Waals surface area contributed by atoms with Gasteiger partial charge in [-0.1, -0.05) is 12.1 Å². The van der Waals surface area contributed by atoms with Gasteiger partial charge in [0.2, 0.25) is 13.2 Å². The van der Waals surface area contributed by atoms with Gasteiger partial charge < -0.3 is 9.16 Å². The number of carbonyl (C=O) groups excluding carboxylic acids is 1. The van der Waals surface area contributed by atoms with E-state index in [4.69, 9.17) is 9.16 Å². The quantitative estimate of drug-likeness (QED) is 0.433. The largest absolute Gasteiger partial charge is 0.520 e. The highest BCUT2D eigenvalue weighted by molar-refractivity contribution is 5.90. The van der Waals surface area contributed by atoms with Crippen LogP contribution in [0.15, 0.2) is 24.3 Å². The van der Waals surface area contributed by atoms with Crippen molar-refractivity contribution in [3.63, 3.8) is 0 Å². The van der Waals surface area contributed by atoms with Crippen molar-refractivity contribution in [1.82, 2.24) is 0 Å². The summed E-state index contributed by atoms with van der Waals surface area (Å²) in [4.78, 5) is 0. The van der Waals surface area contributed by atoms with Crippen molar-refractivity contribution < 1.29 is 9.16 Å². The molecule has 0 aliphatic carbocycles. The Hall–Kier alpha value is -1.31. The van der Waals surface area contributed by atoms with Crippen molar-refractivity contribution in [2.45, 2.75) is 0 Å². The summed E-state index contributed by atoms with van der Waals surface area (Å²) in [5.41, 5.74) is 0.987. The summed E-state index contributed by atoms with van der Waals surface area (Å²) in [5.74, 6) is 0.638. The van der Waals surface area contributed by atoms with E-state index in [-0.39, 0.29) is 0 Å². The first kappa shape index (κ1) is 6.40. The molecule has 1 radical (unpaired) electrons. The Kier molecular flexibility index (Phi) is 1.60. The lowest BCUT2D eigenvalue weighted by atomic mass is 10.2. The molecule has 0 fully saturated rings. The smallest absolute Gasteiger partial charge is 0.311 e. The van der Waals surface area contributed by atoms with E-state index in [0.29, 0.717) is 19.2 Å². The zero-order valence-corrected chi connectivity index (χ0v) is 6.04. The highest BCUT2D eigenvalue weighted by Gasteiger charge is 2.23. The summed E-state index contributed by atoms with van der Waals surface area (Å²) in [6, 6.07) is 10.4. The van der Waals surface area contributed by atoms with E-state index in [9.17, 15) is 0 Å². The maximum atomic E-state index is 5.22. The molecule has 11 heavy (non-hydrogen) atoms. The van der Waals surface area contributed by atoms with Crippen LogP contribution in [-0.2, 0) is 4.74 Å². The number of esters is 1. The van der Waals surface area contributed by atoms with Crippen molar-refractivity contribution in [2.75, 3.05) is 13.2 Å². The Morgan fingerprint density at radius 3 is 2.82 bits per heavy atom. The number of hydrogen-bond donors (Lipinski definition) is 0.